The fraction of sp³-hybridized carbons (Fsp3) is 0.571. The van der Waals surface area contributed by atoms with E-state index >= 15 is 0 Å². The number of nitrogens with one attached hydrogen (secondary N) is 1. The lowest BCUT2D eigenvalue weighted by molar-refractivity contribution is 0.0245. The Labute approximate surface area is 123 Å². The third-order valence-electron chi connectivity index (χ3n) is 4.12. The van der Waals surface area contributed by atoms with Gasteiger partial charge in [0.1, 0.15) is 11.4 Å². The maximum Gasteiger partial charge on any atom is 0.178 e. The lowest BCUT2D eigenvalue weighted by Gasteiger charge is -2.29. The lowest BCUT2D eigenvalue weighted by Crippen LogP contribution is -2.43. The van der Waals surface area contributed by atoms with E-state index in [2.05, 4.69) is 5.32 Å². The molecule has 2 aliphatic rings. The Hall–Kier alpha value is -1.02. The van der Waals surface area contributed by atoms with Crippen LogP contribution in [0.5, 0.6) is 0 Å². The smallest absolute Gasteiger partial charge is 0.178 e. The topological polar surface area (TPSA) is 75.6 Å². The van der Waals surface area contributed by atoms with Crippen molar-refractivity contribution in [1.29, 1.82) is 0 Å². The first-order valence-electron chi connectivity index (χ1n) is 6.95. The molecule has 1 fully saturated rings. The van der Waals surface area contributed by atoms with E-state index < -0.39 is 21.3 Å². The molecule has 1 saturated heterocycles. The molecule has 5 nitrogen and oxygen atoms in total. The molecule has 2 unspecified atom stereocenters. The Balaban J connectivity index is 1.83. The number of ether oxygens (including phenoxy) is 1. The fourth-order valence-corrected chi connectivity index (χ4v) is 4.48. The Morgan fingerprint density at radius 3 is 3.00 bits per heavy atom. The zero-order valence-electron chi connectivity index (χ0n) is 11.5. The van der Waals surface area contributed by atoms with Crippen LogP contribution >= 0.6 is 0 Å². The Kier molecular flexibility index (Phi) is 3.77. The van der Waals surface area contributed by atoms with Gasteiger partial charge in [0.15, 0.2) is 9.84 Å². The van der Waals surface area contributed by atoms with Gasteiger partial charge in [0.25, 0.3) is 0 Å². The second kappa shape index (κ2) is 5.31. The third kappa shape index (κ3) is 2.96. The largest absolute Gasteiger partial charge is 0.386 e. The number of fused-ring (bicyclic) bond motifs is 1. The van der Waals surface area contributed by atoms with E-state index in [1.54, 1.807) is 0 Å². The van der Waals surface area contributed by atoms with Crippen molar-refractivity contribution in [2.24, 2.45) is 0 Å². The van der Waals surface area contributed by atoms with Crippen LogP contribution in [0.2, 0.25) is 0 Å². The van der Waals surface area contributed by atoms with Crippen molar-refractivity contribution in [2.45, 2.75) is 29.4 Å². The standard InChI is InChI=1S/C14H18FNO4S/c15-10-1-2-13-11(7-10)12(3-6-21(13,18)19)16-8-14(17)4-5-20-9-14/h1-2,7,12,16-17H,3-6,8-9H2. The molecule has 2 aliphatic heterocycles. The van der Waals surface area contributed by atoms with E-state index in [0.717, 1.165) is 6.07 Å². The highest BCUT2D eigenvalue weighted by molar-refractivity contribution is 7.91. The molecule has 2 N–H and O–H groups in total. The Bertz CT molecular complexity index is 640. The van der Waals surface area contributed by atoms with E-state index in [0.29, 0.717) is 31.6 Å². The zero-order valence-corrected chi connectivity index (χ0v) is 12.3. The van der Waals surface area contributed by atoms with Crippen LogP contribution in [0.3, 0.4) is 0 Å². The maximum atomic E-state index is 13.4. The number of sulfone groups is 1. The molecule has 1 aromatic rings. The fourth-order valence-electron chi connectivity index (χ4n) is 2.87. The molecule has 116 valence electrons. The van der Waals surface area contributed by atoms with Crippen molar-refractivity contribution in [3.05, 3.63) is 29.6 Å². The minimum atomic E-state index is -3.34. The highest BCUT2D eigenvalue weighted by Crippen LogP contribution is 2.33. The summed E-state index contributed by atoms with van der Waals surface area (Å²) in [7, 11) is -3.34. The highest BCUT2D eigenvalue weighted by Gasteiger charge is 2.35. The van der Waals surface area contributed by atoms with Crippen molar-refractivity contribution < 1.29 is 22.7 Å². The van der Waals surface area contributed by atoms with Gasteiger partial charge in [0.05, 0.1) is 17.3 Å². The van der Waals surface area contributed by atoms with E-state index in [4.69, 9.17) is 4.74 Å². The van der Waals surface area contributed by atoms with Crippen LogP contribution in [-0.4, -0.2) is 44.6 Å². The van der Waals surface area contributed by atoms with Crippen LogP contribution in [0.25, 0.3) is 0 Å². The Morgan fingerprint density at radius 2 is 2.29 bits per heavy atom. The van der Waals surface area contributed by atoms with Crippen molar-refractivity contribution in [1.82, 2.24) is 5.32 Å². The minimum absolute atomic E-state index is 0.0260. The van der Waals surface area contributed by atoms with Crippen LogP contribution in [0, 0.1) is 5.82 Å². The van der Waals surface area contributed by atoms with Crippen molar-refractivity contribution in [3.63, 3.8) is 0 Å². The van der Waals surface area contributed by atoms with Gasteiger partial charge in [-0.1, -0.05) is 0 Å². The predicted molar refractivity (Wildman–Crippen MR) is 74.2 cm³/mol. The summed E-state index contributed by atoms with van der Waals surface area (Å²) in [6.07, 6.45) is 0.913. The molecule has 0 aliphatic carbocycles. The average molecular weight is 315 g/mol. The number of rotatable bonds is 3. The quantitative estimate of drug-likeness (QED) is 0.807. The highest BCUT2D eigenvalue weighted by atomic mass is 32.2. The monoisotopic (exact) mass is 315 g/mol. The molecule has 0 saturated carbocycles. The molecule has 2 atom stereocenters. The average Bonchev–Trinajstić information content (AvgIpc) is 2.85. The molecule has 1 aromatic carbocycles. The van der Waals surface area contributed by atoms with Crippen LogP contribution in [0.15, 0.2) is 23.1 Å². The number of aliphatic hydroxyl groups is 1. The lowest BCUT2D eigenvalue weighted by atomic mass is 10.00. The van der Waals surface area contributed by atoms with Crippen LogP contribution < -0.4 is 5.32 Å². The molecule has 3 rings (SSSR count). The SMILES string of the molecule is O=S1(=O)CCC(NCC2(O)CCOC2)c2cc(F)ccc21. The molecule has 0 aromatic heterocycles. The van der Waals surface area contributed by atoms with Gasteiger partial charge in [-0.3, -0.25) is 0 Å². The van der Waals surface area contributed by atoms with Gasteiger partial charge in [0, 0.05) is 25.6 Å². The second-order valence-corrected chi connectivity index (χ2v) is 7.83. The van der Waals surface area contributed by atoms with Gasteiger partial charge in [-0.15, -0.1) is 0 Å². The van der Waals surface area contributed by atoms with Gasteiger partial charge >= 0.3 is 0 Å². The van der Waals surface area contributed by atoms with Gasteiger partial charge in [-0.05, 0) is 30.2 Å². The summed E-state index contributed by atoms with van der Waals surface area (Å²) in [6, 6.07) is 3.47. The summed E-state index contributed by atoms with van der Waals surface area (Å²) in [5, 5.41) is 13.4. The molecule has 0 bridgehead atoms. The number of hydrogen-bond donors (Lipinski definition) is 2. The summed E-state index contributed by atoms with van der Waals surface area (Å²) in [5.41, 5.74) is -0.479. The molecule has 0 spiro atoms. The number of hydrogen-bond acceptors (Lipinski definition) is 5. The zero-order chi connectivity index (χ0) is 15.1. The summed E-state index contributed by atoms with van der Waals surface area (Å²) >= 11 is 0. The summed E-state index contributed by atoms with van der Waals surface area (Å²) in [6.45, 7) is 1.08. The molecule has 2 heterocycles. The molecule has 0 radical (unpaired) electrons. The van der Waals surface area contributed by atoms with Gasteiger partial charge in [-0.2, -0.15) is 0 Å². The first-order chi connectivity index (χ1) is 9.90. The molecule has 7 heteroatoms. The van der Waals surface area contributed by atoms with Crippen molar-refractivity contribution in [3.8, 4) is 0 Å². The minimum Gasteiger partial charge on any atom is -0.386 e. The normalized spacial score (nSPS) is 31.0. The van der Waals surface area contributed by atoms with Crippen LogP contribution in [0.1, 0.15) is 24.4 Å². The Morgan fingerprint density at radius 1 is 1.48 bits per heavy atom. The van der Waals surface area contributed by atoms with Crippen LogP contribution in [0.4, 0.5) is 4.39 Å². The van der Waals surface area contributed by atoms with Crippen LogP contribution in [-0.2, 0) is 14.6 Å². The molecule has 0 amide bonds. The first-order valence-corrected chi connectivity index (χ1v) is 8.61. The summed E-state index contributed by atoms with van der Waals surface area (Å²) in [5.74, 6) is -0.432. The van der Waals surface area contributed by atoms with E-state index in [9.17, 15) is 17.9 Å². The van der Waals surface area contributed by atoms with E-state index in [-0.39, 0.29) is 23.3 Å². The second-order valence-electron chi connectivity index (χ2n) is 5.75. The van der Waals surface area contributed by atoms with E-state index in [1.807, 2.05) is 0 Å². The molecule has 21 heavy (non-hydrogen) atoms. The van der Waals surface area contributed by atoms with Crippen molar-refractivity contribution in [2.75, 3.05) is 25.5 Å². The van der Waals surface area contributed by atoms with E-state index in [1.165, 1.54) is 12.1 Å². The third-order valence-corrected chi connectivity index (χ3v) is 5.93. The maximum absolute atomic E-state index is 13.4. The summed E-state index contributed by atoms with van der Waals surface area (Å²) in [4.78, 5) is 0.183. The predicted octanol–water partition coefficient (Wildman–Crippen LogP) is 0.785. The van der Waals surface area contributed by atoms with Gasteiger partial charge in [0.2, 0.25) is 0 Å². The van der Waals surface area contributed by atoms with Crippen molar-refractivity contribution >= 4 is 9.84 Å². The molecular formula is C14H18FNO4S. The van der Waals surface area contributed by atoms with Gasteiger partial charge in [-0.25, -0.2) is 12.8 Å². The number of halogens is 1. The first kappa shape index (κ1) is 14.9. The summed E-state index contributed by atoms with van der Waals surface area (Å²) < 4.78 is 42.7. The number of benzene rings is 1. The molecular weight excluding hydrogens is 297 g/mol. The van der Waals surface area contributed by atoms with Gasteiger partial charge < -0.3 is 15.2 Å².